The highest BCUT2D eigenvalue weighted by Crippen LogP contribution is 2.29. The molecular formula is C9H11F3N4O2. The van der Waals surface area contributed by atoms with Crippen molar-refractivity contribution in [1.29, 1.82) is 0 Å². The van der Waals surface area contributed by atoms with E-state index < -0.39 is 18.0 Å². The predicted octanol–water partition coefficient (Wildman–Crippen LogP) is 0.587. The molecule has 100 valence electrons. The van der Waals surface area contributed by atoms with Gasteiger partial charge in [-0.3, -0.25) is 9.69 Å². The van der Waals surface area contributed by atoms with Crippen molar-refractivity contribution in [2.45, 2.75) is 25.7 Å². The Hall–Kier alpha value is -1.64. The highest BCUT2D eigenvalue weighted by atomic mass is 19.4. The Bertz CT molecular complexity index is 457. The van der Waals surface area contributed by atoms with Crippen LogP contribution in [0.3, 0.4) is 0 Å². The Balaban J connectivity index is 2.08. The van der Waals surface area contributed by atoms with Gasteiger partial charge in [-0.1, -0.05) is 0 Å². The SMILES string of the molecule is O=C(O)CCN1CCn2c(nnc2C(F)(F)F)C1. The van der Waals surface area contributed by atoms with E-state index in [1.54, 1.807) is 4.90 Å². The van der Waals surface area contributed by atoms with Crippen LogP contribution < -0.4 is 0 Å². The quantitative estimate of drug-likeness (QED) is 0.865. The predicted molar refractivity (Wildman–Crippen MR) is 52.6 cm³/mol. The fraction of sp³-hybridized carbons (Fsp3) is 0.667. The molecule has 6 nitrogen and oxygen atoms in total. The maximum absolute atomic E-state index is 12.5. The topological polar surface area (TPSA) is 71.2 Å². The van der Waals surface area contributed by atoms with Gasteiger partial charge in [-0.2, -0.15) is 13.2 Å². The minimum absolute atomic E-state index is 0.0414. The molecule has 0 aliphatic carbocycles. The van der Waals surface area contributed by atoms with Crippen LogP contribution in [0.4, 0.5) is 13.2 Å². The number of nitrogens with zero attached hydrogens (tertiary/aromatic N) is 4. The third kappa shape index (κ3) is 2.61. The van der Waals surface area contributed by atoms with E-state index in [4.69, 9.17) is 5.11 Å². The molecule has 0 saturated carbocycles. The second-order valence-corrected chi connectivity index (χ2v) is 4.01. The normalized spacial score (nSPS) is 16.6. The summed E-state index contributed by atoms with van der Waals surface area (Å²) >= 11 is 0. The molecule has 0 bridgehead atoms. The molecule has 2 rings (SSSR count). The molecule has 2 heterocycles. The molecule has 1 aliphatic rings. The summed E-state index contributed by atoms with van der Waals surface area (Å²) in [6, 6.07) is 0. The summed E-state index contributed by atoms with van der Waals surface area (Å²) in [5.74, 6) is -1.70. The van der Waals surface area contributed by atoms with Crippen LogP contribution in [0.5, 0.6) is 0 Å². The van der Waals surface area contributed by atoms with Crippen molar-refractivity contribution >= 4 is 5.97 Å². The zero-order valence-electron chi connectivity index (χ0n) is 9.31. The number of carbonyl (C=O) groups is 1. The van der Waals surface area contributed by atoms with Crippen LogP contribution in [-0.4, -0.2) is 43.8 Å². The zero-order valence-corrected chi connectivity index (χ0v) is 9.31. The number of hydrogen-bond donors (Lipinski definition) is 1. The van der Waals surface area contributed by atoms with Gasteiger partial charge in [0.2, 0.25) is 5.82 Å². The summed E-state index contributed by atoms with van der Waals surface area (Å²) in [6.45, 7) is 0.970. The number of halogens is 3. The number of aliphatic carboxylic acids is 1. The van der Waals surface area contributed by atoms with Gasteiger partial charge in [0.15, 0.2) is 0 Å². The molecule has 0 radical (unpaired) electrons. The van der Waals surface area contributed by atoms with Gasteiger partial charge in [0, 0.05) is 19.6 Å². The minimum atomic E-state index is -4.51. The molecule has 1 aromatic heterocycles. The van der Waals surface area contributed by atoms with Crippen LogP contribution in [0.15, 0.2) is 0 Å². The van der Waals surface area contributed by atoms with E-state index in [9.17, 15) is 18.0 Å². The van der Waals surface area contributed by atoms with Gasteiger partial charge < -0.3 is 9.67 Å². The van der Waals surface area contributed by atoms with E-state index >= 15 is 0 Å². The van der Waals surface area contributed by atoms with Gasteiger partial charge in [0.1, 0.15) is 5.82 Å². The average Bonchev–Trinajstić information content (AvgIpc) is 2.68. The van der Waals surface area contributed by atoms with Gasteiger partial charge in [-0.25, -0.2) is 0 Å². The fourth-order valence-corrected chi connectivity index (χ4v) is 1.86. The van der Waals surface area contributed by atoms with Gasteiger partial charge in [0.25, 0.3) is 0 Å². The van der Waals surface area contributed by atoms with Gasteiger partial charge in [0.05, 0.1) is 13.0 Å². The zero-order chi connectivity index (χ0) is 13.3. The first-order valence-electron chi connectivity index (χ1n) is 5.31. The monoisotopic (exact) mass is 264 g/mol. The summed E-state index contributed by atoms with van der Waals surface area (Å²) in [6.07, 6.45) is -4.55. The molecular weight excluding hydrogens is 253 g/mol. The molecule has 0 aromatic carbocycles. The lowest BCUT2D eigenvalue weighted by molar-refractivity contribution is -0.148. The molecule has 9 heteroatoms. The molecule has 0 fully saturated rings. The molecule has 1 aliphatic heterocycles. The first kappa shape index (κ1) is 12.8. The highest BCUT2D eigenvalue weighted by molar-refractivity contribution is 5.66. The third-order valence-electron chi connectivity index (χ3n) is 2.73. The summed E-state index contributed by atoms with van der Waals surface area (Å²) in [5, 5.41) is 15.2. The number of hydrogen-bond acceptors (Lipinski definition) is 4. The average molecular weight is 264 g/mol. The minimum Gasteiger partial charge on any atom is -0.481 e. The molecule has 1 aromatic rings. The Kier molecular flexibility index (Phi) is 3.24. The number of rotatable bonds is 3. The number of fused-ring (bicyclic) bond motifs is 1. The van der Waals surface area contributed by atoms with Gasteiger partial charge in [-0.15, -0.1) is 10.2 Å². The number of alkyl halides is 3. The second kappa shape index (κ2) is 4.56. The van der Waals surface area contributed by atoms with Gasteiger partial charge in [-0.05, 0) is 0 Å². The summed E-state index contributed by atoms with van der Waals surface area (Å²) in [7, 11) is 0. The second-order valence-electron chi connectivity index (χ2n) is 4.01. The lowest BCUT2D eigenvalue weighted by Crippen LogP contribution is -2.36. The molecule has 0 amide bonds. The van der Waals surface area contributed by atoms with Crippen LogP contribution in [0.2, 0.25) is 0 Å². The number of carboxylic acid groups (broad SMARTS) is 1. The van der Waals surface area contributed by atoms with Crippen molar-refractivity contribution in [3.05, 3.63) is 11.6 Å². The molecule has 1 N–H and O–H groups in total. The lowest BCUT2D eigenvalue weighted by atomic mass is 10.3. The highest BCUT2D eigenvalue weighted by Gasteiger charge is 2.39. The number of carboxylic acids is 1. The van der Waals surface area contributed by atoms with E-state index in [2.05, 4.69) is 10.2 Å². The molecule has 0 unspecified atom stereocenters. The van der Waals surface area contributed by atoms with Gasteiger partial charge >= 0.3 is 12.1 Å². The van der Waals surface area contributed by atoms with E-state index in [1.165, 1.54) is 0 Å². The van der Waals surface area contributed by atoms with Crippen molar-refractivity contribution in [2.24, 2.45) is 0 Å². The van der Waals surface area contributed by atoms with E-state index in [-0.39, 0.29) is 25.3 Å². The standard InChI is InChI=1S/C9H11F3N4O2/c10-9(11,12)8-14-13-6-5-15(2-1-7(17)18)3-4-16(6)8/h1-5H2,(H,17,18). The molecule has 0 spiro atoms. The van der Waals surface area contributed by atoms with Crippen molar-refractivity contribution in [3.8, 4) is 0 Å². The largest absolute Gasteiger partial charge is 0.481 e. The molecule has 0 saturated heterocycles. The smallest absolute Gasteiger partial charge is 0.451 e. The third-order valence-corrected chi connectivity index (χ3v) is 2.73. The van der Waals surface area contributed by atoms with E-state index in [1.807, 2.05) is 0 Å². The van der Waals surface area contributed by atoms with Crippen LogP contribution >= 0.6 is 0 Å². The van der Waals surface area contributed by atoms with Crippen LogP contribution in [0, 0.1) is 0 Å². The Labute approximate surface area is 100 Å². The lowest BCUT2D eigenvalue weighted by Gasteiger charge is -2.27. The fourth-order valence-electron chi connectivity index (χ4n) is 1.86. The maximum Gasteiger partial charge on any atom is 0.451 e. The molecule has 18 heavy (non-hydrogen) atoms. The van der Waals surface area contributed by atoms with Crippen molar-refractivity contribution < 1.29 is 23.1 Å². The van der Waals surface area contributed by atoms with Crippen molar-refractivity contribution in [2.75, 3.05) is 13.1 Å². The Morgan fingerprint density at radius 3 is 2.67 bits per heavy atom. The van der Waals surface area contributed by atoms with Crippen molar-refractivity contribution in [1.82, 2.24) is 19.7 Å². The molecule has 0 atom stereocenters. The van der Waals surface area contributed by atoms with Crippen LogP contribution in [0.25, 0.3) is 0 Å². The van der Waals surface area contributed by atoms with Crippen molar-refractivity contribution in [3.63, 3.8) is 0 Å². The number of aromatic nitrogens is 3. The maximum atomic E-state index is 12.5. The summed E-state index contributed by atoms with van der Waals surface area (Å²) < 4.78 is 38.7. The van der Waals surface area contributed by atoms with Crippen LogP contribution in [-0.2, 0) is 24.1 Å². The first-order valence-corrected chi connectivity index (χ1v) is 5.31. The summed E-state index contributed by atoms with van der Waals surface area (Å²) in [5.41, 5.74) is 0. The summed E-state index contributed by atoms with van der Waals surface area (Å²) in [4.78, 5) is 12.2. The Morgan fingerprint density at radius 1 is 1.33 bits per heavy atom. The first-order chi connectivity index (χ1) is 8.38. The Morgan fingerprint density at radius 2 is 2.06 bits per heavy atom. The van der Waals surface area contributed by atoms with E-state index in [0.717, 1.165) is 4.57 Å². The van der Waals surface area contributed by atoms with Crippen LogP contribution in [0.1, 0.15) is 18.1 Å². The van der Waals surface area contributed by atoms with E-state index in [0.29, 0.717) is 13.1 Å².